The van der Waals surface area contributed by atoms with Crippen molar-refractivity contribution in [2.75, 3.05) is 11.4 Å². The number of ether oxygens (including phenoxy) is 2. The largest absolute Gasteiger partial charge is 0.497 e. The third-order valence-electron chi connectivity index (χ3n) is 3.62. The number of rotatable bonds is 4. The van der Waals surface area contributed by atoms with Crippen LogP contribution in [0.2, 0.25) is 0 Å². The smallest absolute Gasteiger partial charge is 0.221 e. The number of pyridine rings is 2. The second-order valence-corrected chi connectivity index (χ2v) is 6.29. The molecular weight excluding hydrogens is 346 g/mol. The van der Waals surface area contributed by atoms with Gasteiger partial charge in [-0.3, -0.25) is 9.29 Å². The molecule has 0 N–H and O–H groups in total. The number of anilines is 1. The summed E-state index contributed by atoms with van der Waals surface area (Å²) in [7, 11) is 1.68. The Labute approximate surface area is 158 Å². The van der Waals surface area contributed by atoms with E-state index < -0.39 is 0 Å². The van der Waals surface area contributed by atoms with Gasteiger partial charge in [0.15, 0.2) is 0 Å². The van der Waals surface area contributed by atoms with E-state index in [0.717, 1.165) is 18.1 Å². The highest BCUT2D eigenvalue weighted by Crippen LogP contribution is 2.40. The summed E-state index contributed by atoms with van der Waals surface area (Å²) in [5.74, 6) is 2.94. The van der Waals surface area contributed by atoms with Crippen molar-refractivity contribution >= 4 is 17.8 Å². The fourth-order valence-electron chi connectivity index (χ4n) is 2.44. The van der Waals surface area contributed by atoms with E-state index in [1.165, 1.54) is 10.5 Å². The molecule has 26 heavy (non-hydrogen) atoms. The average molecular weight is 367 g/mol. The second kappa shape index (κ2) is 8.58. The maximum Gasteiger partial charge on any atom is 0.221 e. The maximum absolute atomic E-state index is 5.76. The van der Waals surface area contributed by atoms with E-state index in [-0.39, 0.29) is 0 Å². The molecule has 0 unspecified atom stereocenters. The zero-order valence-corrected chi connectivity index (χ0v) is 15.9. The molecule has 1 aliphatic rings. The lowest BCUT2D eigenvalue weighted by atomic mass is 10.2. The van der Waals surface area contributed by atoms with E-state index in [9.17, 15) is 0 Å². The minimum atomic E-state index is 0.551. The first-order valence-corrected chi connectivity index (χ1v) is 9.26. The van der Waals surface area contributed by atoms with Gasteiger partial charge in [0.1, 0.15) is 17.3 Å². The van der Waals surface area contributed by atoms with Crippen LogP contribution in [0.5, 0.6) is 17.4 Å². The Morgan fingerprint density at radius 2 is 1.92 bits per heavy atom. The van der Waals surface area contributed by atoms with E-state index in [2.05, 4.69) is 26.4 Å². The molecule has 5 nitrogen and oxygen atoms in total. The lowest BCUT2D eigenvalue weighted by molar-refractivity contribution is 0.413. The van der Waals surface area contributed by atoms with Crippen LogP contribution in [-0.4, -0.2) is 17.1 Å². The Morgan fingerprint density at radius 1 is 1.04 bits per heavy atom. The Balaban J connectivity index is 0.000000948. The standard InChI is InChI=1S/C18H15N3O2S.C2H6/c1-22-14-8-7-13-12-21(24-16(13)10-14)17-5-2-6-18(20-17)23-15-4-3-9-19-11-15;1-2/h2-11H,12H2,1H3;1-2H3. The molecule has 134 valence electrons. The van der Waals surface area contributed by atoms with Gasteiger partial charge in [0.05, 0.1) is 19.9 Å². The highest BCUT2D eigenvalue weighted by molar-refractivity contribution is 8.01. The summed E-state index contributed by atoms with van der Waals surface area (Å²) in [6, 6.07) is 15.6. The van der Waals surface area contributed by atoms with Crippen LogP contribution >= 0.6 is 11.9 Å². The van der Waals surface area contributed by atoms with Gasteiger partial charge < -0.3 is 9.47 Å². The first-order valence-electron chi connectivity index (χ1n) is 8.49. The number of aromatic nitrogens is 2. The van der Waals surface area contributed by atoms with Crippen LogP contribution in [0.25, 0.3) is 0 Å². The van der Waals surface area contributed by atoms with Gasteiger partial charge >= 0.3 is 0 Å². The van der Waals surface area contributed by atoms with Crippen molar-refractivity contribution in [3.05, 3.63) is 66.5 Å². The molecule has 0 fully saturated rings. The third kappa shape index (κ3) is 4.08. The molecule has 4 rings (SSSR count). The minimum Gasteiger partial charge on any atom is -0.497 e. The monoisotopic (exact) mass is 367 g/mol. The van der Waals surface area contributed by atoms with Crippen molar-refractivity contribution in [1.82, 2.24) is 9.97 Å². The van der Waals surface area contributed by atoms with Gasteiger partial charge in [-0.1, -0.05) is 26.0 Å². The second-order valence-electron chi connectivity index (χ2n) is 5.23. The van der Waals surface area contributed by atoms with Crippen molar-refractivity contribution in [1.29, 1.82) is 0 Å². The third-order valence-corrected chi connectivity index (χ3v) is 4.73. The fourth-order valence-corrected chi connectivity index (χ4v) is 3.49. The zero-order valence-electron chi connectivity index (χ0n) is 15.0. The topological polar surface area (TPSA) is 47.5 Å². The average Bonchev–Trinajstić information content (AvgIpc) is 3.14. The molecule has 0 saturated heterocycles. The maximum atomic E-state index is 5.76. The summed E-state index contributed by atoms with van der Waals surface area (Å²) in [6.07, 6.45) is 3.38. The van der Waals surface area contributed by atoms with E-state index in [1.807, 2.05) is 50.2 Å². The van der Waals surface area contributed by atoms with Crippen LogP contribution in [0.15, 0.2) is 65.8 Å². The van der Waals surface area contributed by atoms with Gasteiger partial charge in [0.25, 0.3) is 0 Å². The van der Waals surface area contributed by atoms with Crippen LogP contribution in [0.1, 0.15) is 19.4 Å². The molecule has 1 aliphatic heterocycles. The van der Waals surface area contributed by atoms with E-state index in [0.29, 0.717) is 11.6 Å². The Morgan fingerprint density at radius 3 is 2.69 bits per heavy atom. The highest BCUT2D eigenvalue weighted by Gasteiger charge is 2.22. The quantitative estimate of drug-likeness (QED) is 0.581. The number of fused-ring (bicyclic) bond motifs is 1. The lowest BCUT2D eigenvalue weighted by Gasteiger charge is -2.15. The van der Waals surface area contributed by atoms with Crippen LogP contribution in [0.4, 0.5) is 5.82 Å². The normalized spacial score (nSPS) is 12.0. The predicted octanol–water partition coefficient (Wildman–Crippen LogP) is 5.33. The highest BCUT2D eigenvalue weighted by atomic mass is 32.2. The van der Waals surface area contributed by atoms with Crippen LogP contribution in [0, 0.1) is 0 Å². The Bertz CT molecular complexity index is 859. The first-order chi connectivity index (χ1) is 12.8. The van der Waals surface area contributed by atoms with Gasteiger partial charge in [0.2, 0.25) is 5.88 Å². The number of nitrogens with zero attached hydrogens (tertiary/aromatic N) is 3. The van der Waals surface area contributed by atoms with Crippen LogP contribution < -0.4 is 13.8 Å². The van der Waals surface area contributed by atoms with E-state index in [1.54, 1.807) is 31.5 Å². The molecule has 3 aromatic rings. The summed E-state index contributed by atoms with van der Waals surface area (Å²) < 4.78 is 13.2. The fraction of sp³-hybridized carbons (Fsp3) is 0.200. The predicted molar refractivity (Wildman–Crippen MR) is 105 cm³/mol. The summed E-state index contributed by atoms with van der Waals surface area (Å²) in [5.41, 5.74) is 1.26. The lowest BCUT2D eigenvalue weighted by Crippen LogP contribution is -2.09. The Kier molecular flexibility index (Phi) is 5.96. The molecule has 6 heteroatoms. The van der Waals surface area contributed by atoms with Crippen molar-refractivity contribution < 1.29 is 9.47 Å². The van der Waals surface area contributed by atoms with E-state index >= 15 is 0 Å². The zero-order chi connectivity index (χ0) is 18.4. The number of hydrogen-bond donors (Lipinski definition) is 0. The molecule has 0 amide bonds. The molecular formula is C20H21N3O2S. The molecule has 0 atom stereocenters. The number of benzene rings is 1. The SMILES string of the molecule is CC.COc1ccc2c(c1)SN(c1cccc(Oc3cccnc3)n1)C2. The molecule has 0 aliphatic carbocycles. The summed E-state index contributed by atoms with van der Waals surface area (Å²) in [5, 5.41) is 0. The summed E-state index contributed by atoms with van der Waals surface area (Å²) in [4.78, 5) is 9.83. The van der Waals surface area contributed by atoms with Gasteiger partial charge in [-0.15, -0.1) is 0 Å². The van der Waals surface area contributed by atoms with E-state index in [4.69, 9.17) is 9.47 Å². The van der Waals surface area contributed by atoms with Crippen molar-refractivity contribution in [2.24, 2.45) is 0 Å². The van der Waals surface area contributed by atoms with Gasteiger partial charge in [-0.05, 0) is 47.8 Å². The van der Waals surface area contributed by atoms with Crippen LogP contribution in [0.3, 0.4) is 0 Å². The van der Waals surface area contributed by atoms with Crippen molar-refractivity contribution in [3.8, 4) is 17.4 Å². The summed E-state index contributed by atoms with van der Waals surface area (Å²) in [6.45, 7) is 4.80. The molecule has 0 radical (unpaired) electrons. The van der Waals surface area contributed by atoms with Gasteiger partial charge in [-0.2, -0.15) is 4.98 Å². The molecule has 0 spiro atoms. The molecule has 0 bridgehead atoms. The minimum absolute atomic E-state index is 0.551. The van der Waals surface area contributed by atoms with Crippen molar-refractivity contribution in [2.45, 2.75) is 25.3 Å². The van der Waals surface area contributed by atoms with Gasteiger partial charge in [0, 0.05) is 17.2 Å². The summed E-state index contributed by atoms with van der Waals surface area (Å²) >= 11 is 1.66. The first kappa shape index (κ1) is 18.1. The Hall–Kier alpha value is -2.73. The molecule has 0 saturated carbocycles. The molecule has 2 aromatic heterocycles. The number of hydrogen-bond acceptors (Lipinski definition) is 6. The molecule has 3 heterocycles. The molecule has 1 aromatic carbocycles. The van der Waals surface area contributed by atoms with Crippen molar-refractivity contribution in [3.63, 3.8) is 0 Å². The van der Waals surface area contributed by atoms with Crippen LogP contribution in [-0.2, 0) is 6.54 Å². The number of methoxy groups -OCH3 is 1. The van der Waals surface area contributed by atoms with Gasteiger partial charge in [-0.25, -0.2) is 0 Å².